The number of carbonyl (C=O) groups is 1. The molecule has 0 aromatic heterocycles. The SMILES string of the molecule is CN1CCCC(CN(C)C(=O)CCC2CCNCC2)C1.Cl.Cl. The van der Waals surface area contributed by atoms with Gasteiger partial charge in [-0.3, -0.25) is 4.79 Å². The van der Waals surface area contributed by atoms with Crippen molar-refractivity contribution in [3.63, 3.8) is 0 Å². The van der Waals surface area contributed by atoms with Crippen LogP contribution in [0.25, 0.3) is 0 Å². The molecule has 0 saturated carbocycles. The quantitative estimate of drug-likeness (QED) is 0.824. The van der Waals surface area contributed by atoms with E-state index in [1.54, 1.807) is 0 Å². The Labute approximate surface area is 148 Å². The van der Waals surface area contributed by atoms with E-state index >= 15 is 0 Å². The van der Waals surface area contributed by atoms with Crippen LogP contribution in [-0.2, 0) is 4.79 Å². The highest BCUT2D eigenvalue weighted by molar-refractivity contribution is 5.85. The molecule has 0 radical (unpaired) electrons. The molecule has 2 fully saturated rings. The highest BCUT2D eigenvalue weighted by atomic mass is 35.5. The maximum absolute atomic E-state index is 12.2. The number of amides is 1. The molecule has 0 bridgehead atoms. The monoisotopic (exact) mass is 353 g/mol. The molecule has 2 aliphatic heterocycles. The summed E-state index contributed by atoms with van der Waals surface area (Å²) >= 11 is 0. The average Bonchev–Trinajstić information content (AvgIpc) is 2.46. The minimum absolute atomic E-state index is 0. The van der Waals surface area contributed by atoms with Crippen LogP contribution in [0.2, 0.25) is 0 Å². The fourth-order valence-corrected chi connectivity index (χ4v) is 3.60. The summed E-state index contributed by atoms with van der Waals surface area (Å²) < 4.78 is 0. The maximum atomic E-state index is 12.2. The zero-order valence-electron chi connectivity index (χ0n) is 14.1. The summed E-state index contributed by atoms with van der Waals surface area (Å²) in [7, 11) is 4.17. The van der Waals surface area contributed by atoms with E-state index in [0.29, 0.717) is 11.8 Å². The van der Waals surface area contributed by atoms with Gasteiger partial charge in [-0.15, -0.1) is 24.8 Å². The molecule has 2 rings (SSSR count). The molecule has 2 aliphatic rings. The van der Waals surface area contributed by atoms with Crippen molar-refractivity contribution in [2.45, 2.75) is 38.5 Å². The molecule has 0 aromatic carbocycles. The topological polar surface area (TPSA) is 35.6 Å². The Kier molecular flexibility index (Phi) is 11.5. The lowest BCUT2D eigenvalue weighted by Crippen LogP contribution is -2.40. The predicted molar refractivity (Wildman–Crippen MR) is 97.2 cm³/mol. The first-order chi connectivity index (χ1) is 9.65. The third kappa shape index (κ3) is 7.49. The van der Waals surface area contributed by atoms with Gasteiger partial charge in [-0.1, -0.05) is 0 Å². The number of halogens is 2. The summed E-state index contributed by atoms with van der Waals surface area (Å²) in [6.07, 6.45) is 6.85. The molecule has 2 saturated heterocycles. The molecule has 1 atom stereocenters. The largest absolute Gasteiger partial charge is 0.345 e. The Bertz CT molecular complexity index is 312. The van der Waals surface area contributed by atoms with Gasteiger partial charge in [-0.05, 0) is 70.6 Å². The number of carbonyl (C=O) groups excluding carboxylic acids is 1. The minimum atomic E-state index is 0. The molecule has 0 spiro atoms. The van der Waals surface area contributed by atoms with Crippen LogP contribution < -0.4 is 5.32 Å². The van der Waals surface area contributed by atoms with E-state index in [4.69, 9.17) is 0 Å². The molecular weight excluding hydrogens is 321 g/mol. The van der Waals surface area contributed by atoms with Gasteiger partial charge in [0.1, 0.15) is 0 Å². The number of rotatable bonds is 5. The molecule has 0 aromatic rings. The van der Waals surface area contributed by atoms with E-state index < -0.39 is 0 Å². The number of hydrogen-bond donors (Lipinski definition) is 1. The average molecular weight is 354 g/mol. The van der Waals surface area contributed by atoms with Gasteiger partial charge >= 0.3 is 0 Å². The Morgan fingerprint density at radius 3 is 2.50 bits per heavy atom. The molecule has 0 aliphatic carbocycles. The van der Waals surface area contributed by atoms with E-state index in [1.807, 2.05) is 11.9 Å². The van der Waals surface area contributed by atoms with Gasteiger partial charge in [0.05, 0.1) is 0 Å². The number of nitrogens with zero attached hydrogens (tertiary/aromatic N) is 2. The number of hydrogen-bond acceptors (Lipinski definition) is 3. The van der Waals surface area contributed by atoms with Crippen molar-refractivity contribution in [3.8, 4) is 0 Å². The summed E-state index contributed by atoms with van der Waals surface area (Å²) in [5.41, 5.74) is 0. The van der Waals surface area contributed by atoms with Gasteiger partial charge in [0.2, 0.25) is 5.91 Å². The lowest BCUT2D eigenvalue weighted by molar-refractivity contribution is -0.131. The van der Waals surface area contributed by atoms with Crippen molar-refractivity contribution in [2.24, 2.45) is 11.8 Å². The van der Waals surface area contributed by atoms with E-state index in [1.165, 1.54) is 32.2 Å². The highest BCUT2D eigenvalue weighted by Crippen LogP contribution is 2.19. The van der Waals surface area contributed by atoms with E-state index in [2.05, 4.69) is 17.3 Å². The fourth-order valence-electron chi connectivity index (χ4n) is 3.60. The lowest BCUT2D eigenvalue weighted by atomic mass is 9.93. The van der Waals surface area contributed by atoms with Crippen molar-refractivity contribution in [2.75, 3.05) is 46.8 Å². The van der Waals surface area contributed by atoms with Crippen LogP contribution in [-0.4, -0.2) is 62.5 Å². The molecule has 1 unspecified atom stereocenters. The molecule has 22 heavy (non-hydrogen) atoms. The Morgan fingerprint density at radius 2 is 1.86 bits per heavy atom. The van der Waals surface area contributed by atoms with Crippen LogP contribution in [0.5, 0.6) is 0 Å². The van der Waals surface area contributed by atoms with Crippen molar-refractivity contribution in [1.29, 1.82) is 0 Å². The molecular formula is C16H33Cl2N3O. The van der Waals surface area contributed by atoms with Gasteiger partial charge < -0.3 is 15.1 Å². The maximum Gasteiger partial charge on any atom is 0.222 e. The minimum Gasteiger partial charge on any atom is -0.345 e. The molecule has 1 N–H and O–H groups in total. The fraction of sp³-hybridized carbons (Fsp3) is 0.938. The van der Waals surface area contributed by atoms with Crippen LogP contribution in [0.3, 0.4) is 0 Å². The van der Waals surface area contributed by atoms with Gasteiger partial charge in [0, 0.05) is 26.6 Å². The lowest BCUT2D eigenvalue weighted by Gasteiger charge is -2.32. The van der Waals surface area contributed by atoms with Gasteiger partial charge in [0.25, 0.3) is 0 Å². The van der Waals surface area contributed by atoms with Crippen LogP contribution in [0.1, 0.15) is 38.5 Å². The number of likely N-dealkylation sites (tertiary alicyclic amines) is 1. The smallest absolute Gasteiger partial charge is 0.222 e. The second-order valence-corrected chi connectivity index (χ2v) is 6.78. The van der Waals surface area contributed by atoms with Crippen molar-refractivity contribution in [1.82, 2.24) is 15.1 Å². The van der Waals surface area contributed by atoms with Crippen LogP contribution in [0.15, 0.2) is 0 Å². The van der Waals surface area contributed by atoms with Crippen LogP contribution in [0.4, 0.5) is 0 Å². The zero-order chi connectivity index (χ0) is 14.4. The first-order valence-corrected chi connectivity index (χ1v) is 8.28. The van der Waals surface area contributed by atoms with E-state index in [0.717, 1.165) is 44.9 Å². The Hall–Kier alpha value is -0.0300. The standard InChI is InChI=1S/C16H31N3O.2ClH/c1-18-11-3-4-15(12-18)13-19(2)16(20)6-5-14-7-9-17-10-8-14;;/h14-15,17H,3-13H2,1-2H3;2*1H. The Morgan fingerprint density at radius 1 is 1.18 bits per heavy atom. The first kappa shape index (κ1) is 22.0. The summed E-state index contributed by atoms with van der Waals surface area (Å²) in [5.74, 6) is 1.77. The molecule has 4 nitrogen and oxygen atoms in total. The van der Waals surface area contributed by atoms with E-state index in [9.17, 15) is 4.79 Å². The van der Waals surface area contributed by atoms with Crippen molar-refractivity contribution >= 4 is 30.7 Å². The zero-order valence-corrected chi connectivity index (χ0v) is 15.7. The summed E-state index contributed by atoms with van der Waals surface area (Å²) in [6.45, 7) is 5.55. The van der Waals surface area contributed by atoms with Crippen molar-refractivity contribution in [3.05, 3.63) is 0 Å². The molecule has 1 amide bonds. The van der Waals surface area contributed by atoms with Gasteiger partial charge in [-0.2, -0.15) is 0 Å². The molecule has 6 heteroatoms. The highest BCUT2D eigenvalue weighted by Gasteiger charge is 2.21. The second-order valence-electron chi connectivity index (χ2n) is 6.78. The summed E-state index contributed by atoms with van der Waals surface area (Å²) in [4.78, 5) is 16.6. The summed E-state index contributed by atoms with van der Waals surface area (Å²) in [5, 5.41) is 3.38. The number of piperidine rings is 2. The van der Waals surface area contributed by atoms with Crippen LogP contribution >= 0.6 is 24.8 Å². The van der Waals surface area contributed by atoms with Gasteiger partial charge in [-0.25, -0.2) is 0 Å². The Balaban J connectivity index is 0.00000220. The predicted octanol–water partition coefficient (Wildman–Crippen LogP) is 2.41. The first-order valence-electron chi connectivity index (χ1n) is 8.28. The third-order valence-electron chi connectivity index (χ3n) is 4.91. The van der Waals surface area contributed by atoms with Gasteiger partial charge in [0.15, 0.2) is 0 Å². The number of nitrogens with one attached hydrogen (secondary N) is 1. The normalized spacial score (nSPS) is 23.3. The third-order valence-corrected chi connectivity index (χ3v) is 4.91. The summed E-state index contributed by atoms with van der Waals surface area (Å²) in [6, 6.07) is 0. The van der Waals surface area contributed by atoms with Crippen molar-refractivity contribution < 1.29 is 4.79 Å². The van der Waals surface area contributed by atoms with E-state index in [-0.39, 0.29) is 24.8 Å². The molecule has 2 heterocycles. The second kappa shape index (κ2) is 11.5. The van der Waals surface area contributed by atoms with Crippen LogP contribution in [0, 0.1) is 11.8 Å². The molecule has 132 valence electrons.